The number of carboxylic acids is 1. The number of aromatic nitrogens is 2. The van der Waals surface area contributed by atoms with Crippen LogP contribution in [0.15, 0.2) is 24.5 Å². The monoisotopic (exact) mass is 281 g/mol. The third-order valence-electron chi connectivity index (χ3n) is 2.59. The fourth-order valence-corrected chi connectivity index (χ4v) is 1.63. The molecule has 2 rings (SSSR count). The first kappa shape index (κ1) is 13.8. The van der Waals surface area contributed by atoms with Crippen molar-refractivity contribution in [1.29, 1.82) is 10.5 Å². The van der Waals surface area contributed by atoms with Crippen LogP contribution < -0.4 is 5.32 Å². The topological polar surface area (TPSA) is 143 Å². The van der Waals surface area contributed by atoms with Crippen LogP contribution in [0.3, 0.4) is 0 Å². The molecule has 0 saturated heterocycles. The van der Waals surface area contributed by atoms with Crippen molar-refractivity contribution in [2.75, 3.05) is 5.32 Å². The number of anilines is 1. The van der Waals surface area contributed by atoms with E-state index in [2.05, 4.69) is 15.3 Å². The Balaban J connectivity index is 2.29. The SMILES string of the molecule is N#Cc1ccc(NC(=O)c2nc[nH]c2C(=O)O)cc1C#N. The molecule has 2 aromatic rings. The van der Waals surface area contributed by atoms with E-state index in [4.69, 9.17) is 15.6 Å². The van der Waals surface area contributed by atoms with Gasteiger partial charge in [-0.15, -0.1) is 0 Å². The fourth-order valence-electron chi connectivity index (χ4n) is 1.63. The minimum Gasteiger partial charge on any atom is -0.477 e. The Hall–Kier alpha value is -3.65. The smallest absolute Gasteiger partial charge is 0.354 e. The molecule has 21 heavy (non-hydrogen) atoms. The molecular formula is C13H7N5O3. The molecule has 8 heteroatoms. The van der Waals surface area contributed by atoms with Crippen molar-refractivity contribution in [1.82, 2.24) is 9.97 Å². The van der Waals surface area contributed by atoms with E-state index in [-0.39, 0.29) is 28.2 Å². The van der Waals surface area contributed by atoms with Crippen molar-refractivity contribution in [3.63, 3.8) is 0 Å². The lowest BCUT2D eigenvalue weighted by Crippen LogP contribution is -2.16. The molecule has 0 aliphatic rings. The van der Waals surface area contributed by atoms with Gasteiger partial charge in [0.15, 0.2) is 11.4 Å². The van der Waals surface area contributed by atoms with Gasteiger partial charge in [-0.1, -0.05) is 0 Å². The van der Waals surface area contributed by atoms with E-state index in [1.165, 1.54) is 18.2 Å². The molecule has 1 aromatic carbocycles. The maximum Gasteiger partial charge on any atom is 0.354 e. The number of rotatable bonds is 3. The highest BCUT2D eigenvalue weighted by molar-refractivity contribution is 6.08. The zero-order valence-corrected chi connectivity index (χ0v) is 10.4. The van der Waals surface area contributed by atoms with E-state index in [9.17, 15) is 9.59 Å². The Morgan fingerprint density at radius 1 is 1.24 bits per heavy atom. The van der Waals surface area contributed by atoms with Gasteiger partial charge in [-0.05, 0) is 18.2 Å². The second-order valence-corrected chi connectivity index (χ2v) is 3.87. The van der Waals surface area contributed by atoms with Crippen LogP contribution in [0, 0.1) is 22.7 Å². The summed E-state index contributed by atoms with van der Waals surface area (Å²) in [4.78, 5) is 28.8. The number of benzene rings is 1. The average molecular weight is 281 g/mol. The molecule has 102 valence electrons. The standard InChI is InChI=1S/C13H7N5O3/c14-4-7-1-2-9(3-8(7)5-15)18-12(19)10-11(13(20)21)17-6-16-10/h1-3,6H,(H,16,17)(H,18,19)(H,20,21). The molecule has 0 bridgehead atoms. The van der Waals surface area contributed by atoms with Crippen molar-refractivity contribution >= 4 is 17.6 Å². The second-order valence-electron chi connectivity index (χ2n) is 3.87. The number of hydrogen-bond acceptors (Lipinski definition) is 5. The first-order valence-corrected chi connectivity index (χ1v) is 5.59. The summed E-state index contributed by atoms with van der Waals surface area (Å²) in [5.41, 5.74) is -0.0563. The molecule has 0 saturated carbocycles. The highest BCUT2D eigenvalue weighted by Crippen LogP contribution is 2.16. The Morgan fingerprint density at radius 2 is 1.95 bits per heavy atom. The Morgan fingerprint density at radius 3 is 2.57 bits per heavy atom. The van der Waals surface area contributed by atoms with Crippen molar-refractivity contribution in [2.45, 2.75) is 0 Å². The molecule has 0 spiro atoms. The number of aromatic carboxylic acids is 1. The van der Waals surface area contributed by atoms with E-state index in [0.717, 1.165) is 6.33 Å². The van der Waals surface area contributed by atoms with Gasteiger partial charge in [-0.3, -0.25) is 4.79 Å². The van der Waals surface area contributed by atoms with Crippen LogP contribution in [0.1, 0.15) is 32.1 Å². The lowest BCUT2D eigenvalue weighted by molar-refractivity contribution is 0.0686. The van der Waals surface area contributed by atoms with Crippen LogP contribution in [-0.4, -0.2) is 27.0 Å². The molecule has 0 unspecified atom stereocenters. The number of carboxylic acid groups (broad SMARTS) is 1. The van der Waals surface area contributed by atoms with Gasteiger partial charge >= 0.3 is 5.97 Å². The van der Waals surface area contributed by atoms with Gasteiger partial charge in [-0.2, -0.15) is 10.5 Å². The van der Waals surface area contributed by atoms with Gasteiger partial charge < -0.3 is 15.4 Å². The number of amides is 1. The summed E-state index contributed by atoms with van der Waals surface area (Å²) in [5.74, 6) is -2.04. The zero-order valence-electron chi connectivity index (χ0n) is 10.4. The van der Waals surface area contributed by atoms with Crippen molar-refractivity contribution in [2.24, 2.45) is 0 Å². The number of imidazole rings is 1. The van der Waals surface area contributed by atoms with Gasteiger partial charge in [0.05, 0.1) is 17.5 Å². The molecule has 0 atom stereocenters. The van der Waals surface area contributed by atoms with E-state index < -0.39 is 11.9 Å². The highest BCUT2D eigenvalue weighted by Gasteiger charge is 2.19. The second kappa shape index (κ2) is 5.55. The highest BCUT2D eigenvalue weighted by atomic mass is 16.4. The van der Waals surface area contributed by atoms with Gasteiger partial charge in [0, 0.05) is 5.69 Å². The van der Waals surface area contributed by atoms with Crippen molar-refractivity contribution in [3.8, 4) is 12.1 Å². The summed E-state index contributed by atoms with van der Waals surface area (Å²) >= 11 is 0. The van der Waals surface area contributed by atoms with Gasteiger partial charge in [-0.25, -0.2) is 9.78 Å². The van der Waals surface area contributed by atoms with Crippen LogP contribution in [0.25, 0.3) is 0 Å². The predicted molar refractivity (Wildman–Crippen MR) is 69.4 cm³/mol. The van der Waals surface area contributed by atoms with E-state index in [0.29, 0.717) is 0 Å². The van der Waals surface area contributed by atoms with Crippen LogP contribution in [0.2, 0.25) is 0 Å². The average Bonchev–Trinajstić information content (AvgIpc) is 2.96. The van der Waals surface area contributed by atoms with E-state index in [1.807, 2.05) is 12.1 Å². The van der Waals surface area contributed by atoms with Crippen molar-refractivity contribution in [3.05, 3.63) is 47.0 Å². The summed E-state index contributed by atoms with van der Waals surface area (Å²) in [7, 11) is 0. The summed E-state index contributed by atoms with van der Waals surface area (Å²) in [6.07, 6.45) is 1.10. The largest absolute Gasteiger partial charge is 0.477 e. The number of nitriles is 2. The first-order chi connectivity index (χ1) is 10.1. The fraction of sp³-hybridized carbons (Fsp3) is 0. The van der Waals surface area contributed by atoms with Crippen LogP contribution in [0.4, 0.5) is 5.69 Å². The number of nitrogens with one attached hydrogen (secondary N) is 2. The molecule has 1 aromatic heterocycles. The molecule has 3 N–H and O–H groups in total. The molecule has 1 amide bonds. The first-order valence-electron chi connectivity index (χ1n) is 5.59. The lowest BCUT2D eigenvalue weighted by Gasteiger charge is -2.05. The number of aromatic amines is 1. The summed E-state index contributed by atoms with van der Waals surface area (Å²) < 4.78 is 0. The van der Waals surface area contributed by atoms with Gasteiger partial charge in [0.1, 0.15) is 12.1 Å². The molecule has 0 aliphatic carbocycles. The number of carbonyl (C=O) groups excluding carboxylic acids is 1. The molecule has 0 radical (unpaired) electrons. The molecular weight excluding hydrogens is 274 g/mol. The zero-order chi connectivity index (χ0) is 15.4. The van der Waals surface area contributed by atoms with E-state index in [1.54, 1.807) is 0 Å². The van der Waals surface area contributed by atoms with Gasteiger partial charge in [0.25, 0.3) is 5.91 Å². The minimum absolute atomic E-state index is 0.107. The quantitative estimate of drug-likeness (QED) is 0.768. The Kier molecular flexibility index (Phi) is 3.64. The maximum atomic E-state index is 11.9. The summed E-state index contributed by atoms with van der Waals surface area (Å²) in [5, 5.41) is 29.0. The van der Waals surface area contributed by atoms with Gasteiger partial charge in [0.2, 0.25) is 0 Å². The number of H-pyrrole nitrogens is 1. The number of hydrogen-bond donors (Lipinski definition) is 3. The molecule has 8 nitrogen and oxygen atoms in total. The molecule has 0 aliphatic heterocycles. The van der Waals surface area contributed by atoms with Crippen LogP contribution >= 0.6 is 0 Å². The Bertz CT molecular complexity index is 810. The Labute approximate surface area is 118 Å². The lowest BCUT2D eigenvalue weighted by atomic mass is 10.1. The summed E-state index contributed by atoms with van der Waals surface area (Å²) in [6, 6.07) is 7.83. The third-order valence-corrected chi connectivity index (χ3v) is 2.59. The number of carbonyl (C=O) groups is 2. The van der Waals surface area contributed by atoms with Crippen LogP contribution in [-0.2, 0) is 0 Å². The number of nitrogens with zero attached hydrogens (tertiary/aromatic N) is 3. The van der Waals surface area contributed by atoms with E-state index >= 15 is 0 Å². The normalized spacial score (nSPS) is 9.43. The third kappa shape index (κ3) is 2.69. The van der Waals surface area contributed by atoms with Crippen molar-refractivity contribution < 1.29 is 14.7 Å². The molecule has 0 fully saturated rings. The van der Waals surface area contributed by atoms with Crippen LogP contribution in [0.5, 0.6) is 0 Å². The minimum atomic E-state index is -1.31. The maximum absolute atomic E-state index is 11.9. The predicted octanol–water partition coefficient (Wildman–Crippen LogP) is 1.10. The molecule has 1 heterocycles. The summed E-state index contributed by atoms with van der Waals surface area (Å²) in [6.45, 7) is 0.